The first kappa shape index (κ1) is 11.1. The molecule has 2 aromatic rings. The summed E-state index contributed by atoms with van der Waals surface area (Å²) in [6.07, 6.45) is 1.43. The van der Waals surface area contributed by atoms with Gasteiger partial charge in [-0.05, 0) is 11.6 Å². The van der Waals surface area contributed by atoms with Gasteiger partial charge in [0, 0.05) is 6.20 Å². The third-order valence-electron chi connectivity index (χ3n) is 2.40. The third kappa shape index (κ3) is 2.10. The van der Waals surface area contributed by atoms with Gasteiger partial charge in [0.1, 0.15) is 5.75 Å². The van der Waals surface area contributed by atoms with Crippen molar-refractivity contribution in [3.05, 3.63) is 48.3 Å². The van der Waals surface area contributed by atoms with Gasteiger partial charge in [-0.15, -0.1) is 0 Å². The molecule has 0 amide bonds. The molecular formula is C13H11NO3. The van der Waals surface area contributed by atoms with Gasteiger partial charge in [-0.25, -0.2) is 9.78 Å². The molecule has 0 aliphatic heterocycles. The zero-order valence-electron chi connectivity index (χ0n) is 9.25. The second kappa shape index (κ2) is 4.65. The highest BCUT2D eigenvalue weighted by atomic mass is 16.5. The minimum absolute atomic E-state index is 0.00412. The second-order valence-electron chi connectivity index (χ2n) is 3.41. The number of aromatic carboxylic acids is 1. The van der Waals surface area contributed by atoms with Gasteiger partial charge >= 0.3 is 5.97 Å². The number of benzene rings is 1. The predicted molar refractivity (Wildman–Crippen MR) is 63.2 cm³/mol. The van der Waals surface area contributed by atoms with E-state index in [-0.39, 0.29) is 5.69 Å². The van der Waals surface area contributed by atoms with Gasteiger partial charge < -0.3 is 9.84 Å². The van der Waals surface area contributed by atoms with E-state index in [1.807, 2.05) is 30.3 Å². The molecule has 17 heavy (non-hydrogen) atoms. The molecule has 0 bridgehead atoms. The average Bonchev–Trinajstić information content (AvgIpc) is 2.38. The van der Waals surface area contributed by atoms with Crippen LogP contribution in [-0.4, -0.2) is 23.2 Å². The van der Waals surface area contributed by atoms with E-state index in [1.165, 1.54) is 13.3 Å². The lowest BCUT2D eigenvalue weighted by atomic mass is 10.0. The number of aromatic nitrogens is 1. The third-order valence-corrected chi connectivity index (χ3v) is 2.40. The summed E-state index contributed by atoms with van der Waals surface area (Å²) in [4.78, 5) is 15.0. The van der Waals surface area contributed by atoms with Crippen molar-refractivity contribution < 1.29 is 14.6 Å². The molecule has 0 aliphatic rings. The topological polar surface area (TPSA) is 59.4 Å². The van der Waals surface area contributed by atoms with Crippen LogP contribution in [0.3, 0.4) is 0 Å². The predicted octanol–water partition coefficient (Wildman–Crippen LogP) is 2.46. The molecule has 0 atom stereocenters. The Bertz CT molecular complexity index is 538. The Balaban J connectivity index is 2.69. The molecule has 0 spiro atoms. The largest absolute Gasteiger partial charge is 0.496 e. The number of carbonyl (C=O) groups is 1. The van der Waals surface area contributed by atoms with E-state index in [9.17, 15) is 4.79 Å². The highest BCUT2D eigenvalue weighted by Crippen LogP contribution is 2.31. The van der Waals surface area contributed by atoms with Gasteiger partial charge in [-0.2, -0.15) is 0 Å². The van der Waals surface area contributed by atoms with E-state index >= 15 is 0 Å². The Morgan fingerprint density at radius 3 is 2.53 bits per heavy atom. The van der Waals surface area contributed by atoms with Crippen molar-refractivity contribution in [3.8, 4) is 16.9 Å². The molecule has 1 aromatic carbocycles. The van der Waals surface area contributed by atoms with Crippen LogP contribution in [0.5, 0.6) is 5.75 Å². The van der Waals surface area contributed by atoms with Crippen LogP contribution in [0.2, 0.25) is 0 Å². The van der Waals surface area contributed by atoms with Gasteiger partial charge in [-0.3, -0.25) is 0 Å². The van der Waals surface area contributed by atoms with Crippen LogP contribution in [0.1, 0.15) is 10.5 Å². The summed E-state index contributed by atoms with van der Waals surface area (Å²) in [5.74, 6) is -0.564. The second-order valence-corrected chi connectivity index (χ2v) is 3.41. The Morgan fingerprint density at radius 2 is 1.94 bits per heavy atom. The van der Waals surface area contributed by atoms with Crippen molar-refractivity contribution in [2.45, 2.75) is 0 Å². The molecule has 4 heteroatoms. The summed E-state index contributed by atoms with van der Waals surface area (Å²) in [5, 5.41) is 9.13. The number of carboxylic acid groups (broad SMARTS) is 1. The molecule has 86 valence electrons. The van der Waals surface area contributed by atoms with Gasteiger partial charge in [0.25, 0.3) is 0 Å². The molecule has 0 saturated heterocycles. The summed E-state index contributed by atoms with van der Waals surface area (Å²) in [5.41, 5.74) is 1.27. The number of pyridine rings is 1. The SMILES string of the molecule is COc1ccnc(C(=O)O)c1-c1ccccc1. The molecule has 0 fully saturated rings. The smallest absolute Gasteiger partial charge is 0.355 e. The standard InChI is InChI=1S/C13H11NO3/c1-17-10-7-8-14-12(13(15)16)11(10)9-5-3-2-4-6-9/h2-8H,1H3,(H,15,16). The van der Waals surface area contributed by atoms with E-state index in [1.54, 1.807) is 6.07 Å². The van der Waals surface area contributed by atoms with Crippen LogP contribution in [0.4, 0.5) is 0 Å². The van der Waals surface area contributed by atoms with Crippen molar-refractivity contribution >= 4 is 5.97 Å². The Hall–Kier alpha value is -2.36. The number of methoxy groups -OCH3 is 1. The average molecular weight is 229 g/mol. The first-order chi connectivity index (χ1) is 8.24. The van der Waals surface area contributed by atoms with Gasteiger partial charge in [0.2, 0.25) is 0 Å². The fourth-order valence-electron chi connectivity index (χ4n) is 1.66. The molecule has 4 nitrogen and oxygen atoms in total. The number of hydrogen-bond acceptors (Lipinski definition) is 3. The van der Waals surface area contributed by atoms with Crippen LogP contribution in [0.25, 0.3) is 11.1 Å². The fraction of sp³-hybridized carbons (Fsp3) is 0.0769. The zero-order valence-corrected chi connectivity index (χ0v) is 9.25. The highest BCUT2D eigenvalue weighted by Gasteiger charge is 2.17. The van der Waals surface area contributed by atoms with Gasteiger partial charge in [0.05, 0.1) is 12.7 Å². The van der Waals surface area contributed by atoms with Crippen LogP contribution >= 0.6 is 0 Å². The van der Waals surface area contributed by atoms with Gasteiger partial charge in [-0.1, -0.05) is 30.3 Å². The monoisotopic (exact) mass is 229 g/mol. The van der Waals surface area contributed by atoms with Crippen LogP contribution < -0.4 is 4.74 Å². The molecule has 1 N–H and O–H groups in total. The lowest BCUT2D eigenvalue weighted by Crippen LogP contribution is -2.04. The van der Waals surface area contributed by atoms with Crippen molar-refractivity contribution in [1.82, 2.24) is 4.98 Å². The van der Waals surface area contributed by atoms with Crippen LogP contribution in [0, 0.1) is 0 Å². The summed E-state index contributed by atoms with van der Waals surface area (Å²) < 4.78 is 5.19. The van der Waals surface area contributed by atoms with E-state index < -0.39 is 5.97 Å². The number of rotatable bonds is 3. The molecule has 1 aromatic heterocycles. The first-order valence-electron chi connectivity index (χ1n) is 5.05. The Kier molecular flexibility index (Phi) is 3.05. The van der Waals surface area contributed by atoms with Gasteiger partial charge in [0.15, 0.2) is 5.69 Å². The molecule has 0 radical (unpaired) electrons. The summed E-state index contributed by atoms with van der Waals surface area (Å²) in [6, 6.07) is 10.8. The summed E-state index contributed by atoms with van der Waals surface area (Å²) in [6.45, 7) is 0. The Morgan fingerprint density at radius 1 is 1.24 bits per heavy atom. The highest BCUT2D eigenvalue weighted by molar-refractivity contribution is 5.95. The maximum atomic E-state index is 11.1. The van der Waals surface area contributed by atoms with E-state index in [0.29, 0.717) is 11.3 Å². The van der Waals surface area contributed by atoms with E-state index in [2.05, 4.69) is 4.98 Å². The molecule has 2 rings (SSSR count). The maximum absolute atomic E-state index is 11.1. The number of nitrogens with zero attached hydrogens (tertiary/aromatic N) is 1. The first-order valence-corrected chi connectivity index (χ1v) is 5.05. The minimum Gasteiger partial charge on any atom is -0.496 e. The van der Waals surface area contributed by atoms with E-state index in [0.717, 1.165) is 5.56 Å². The number of carboxylic acids is 1. The summed E-state index contributed by atoms with van der Waals surface area (Å²) in [7, 11) is 1.51. The normalized spacial score (nSPS) is 9.94. The summed E-state index contributed by atoms with van der Waals surface area (Å²) >= 11 is 0. The van der Waals surface area contributed by atoms with Crippen molar-refractivity contribution in [3.63, 3.8) is 0 Å². The van der Waals surface area contributed by atoms with E-state index in [4.69, 9.17) is 9.84 Å². The molecule has 0 aliphatic carbocycles. The van der Waals surface area contributed by atoms with Crippen LogP contribution in [0.15, 0.2) is 42.6 Å². The molecule has 0 saturated carbocycles. The quantitative estimate of drug-likeness (QED) is 0.878. The van der Waals surface area contributed by atoms with Crippen molar-refractivity contribution in [1.29, 1.82) is 0 Å². The molecular weight excluding hydrogens is 218 g/mol. The molecule has 0 unspecified atom stereocenters. The fourth-order valence-corrected chi connectivity index (χ4v) is 1.66. The van der Waals surface area contributed by atoms with Crippen molar-refractivity contribution in [2.24, 2.45) is 0 Å². The maximum Gasteiger partial charge on any atom is 0.355 e. The number of ether oxygens (including phenoxy) is 1. The number of hydrogen-bond donors (Lipinski definition) is 1. The lowest BCUT2D eigenvalue weighted by Gasteiger charge is -2.10. The Labute approximate surface area is 98.5 Å². The lowest BCUT2D eigenvalue weighted by molar-refractivity contribution is 0.0691. The van der Waals surface area contributed by atoms with Crippen molar-refractivity contribution in [2.75, 3.05) is 7.11 Å². The zero-order chi connectivity index (χ0) is 12.3. The van der Waals surface area contributed by atoms with Crippen LogP contribution in [-0.2, 0) is 0 Å². The minimum atomic E-state index is -1.07. The molecule has 1 heterocycles.